The Hall–Kier alpha value is -1.30. The molecule has 0 aliphatic heterocycles. The number of hydrogen-bond donors (Lipinski definition) is 0. The molecule has 2 saturated carbocycles. The molecular weight excluding hydrogens is 262 g/mol. The normalized spacial score (nSPS) is 33.5. The highest BCUT2D eigenvalue weighted by atomic mass is 16.5. The van der Waals surface area contributed by atoms with E-state index < -0.39 is 0 Å². The molecule has 0 heterocycles. The van der Waals surface area contributed by atoms with E-state index in [0.29, 0.717) is 5.92 Å². The smallest absolute Gasteiger partial charge is 0.309 e. The summed E-state index contributed by atoms with van der Waals surface area (Å²) in [5.41, 5.74) is 0. The molecule has 2 aliphatic carbocycles. The third-order valence-corrected chi connectivity index (χ3v) is 5.20. The van der Waals surface area contributed by atoms with Gasteiger partial charge in [-0.15, -0.1) is 0 Å². The summed E-state index contributed by atoms with van der Waals surface area (Å²) in [7, 11) is 0. The largest absolute Gasteiger partial charge is 0.462 e. The van der Waals surface area contributed by atoms with Crippen LogP contribution in [0.5, 0.6) is 0 Å². The van der Waals surface area contributed by atoms with Crippen molar-refractivity contribution in [2.45, 2.75) is 70.8 Å². The zero-order valence-corrected chi connectivity index (χ0v) is 13.1. The quantitative estimate of drug-likeness (QED) is 0.570. The van der Waals surface area contributed by atoms with Gasteiger partial charge in [-0.1, -0.05) is 19.4 Å². The van der Waals surface area contributed by atoms with Crippen LogP contribution in [-0.4, -0.2) is 12.1 Å². The first-order valence-electron chi connectivity index (χ1n) is 8.49. The molecule has 0 atom stereocenters. The molecule has 0 bridgehead atoms. The summed E-state index contributed by atoms with van der Waals surface area (Å²) in [6, 6.07) is 2.04. The number of hydrogen-bond acceptors (Lipinski definition) is 3. The molecule has 2 aliphatic rings. The van der Waals surface area contributed by atoms with Gasteiger partial charge >= 0.3 is 5.97 Å². The minimum absolute atomic E-state index is 0.0256. The van der Waals surface area contributed by atoms with Crippen molar-refractivity contribution >= 4 is 5.97 Å². The fraction of sp³-hybridized carbons (Fsp3) is 0.778. The molecule has 0 spiro atoms. The first-order chi connectivity index (χ1) is 10.2. The van der Waals surface area contributed by atoms with Gasteiger partial charge in [0.15, 0.2) is 0 Å². The molecule has 116 valence electrons. The Morgan fingerprint density at radius 3 is 2.38 bits per heavy atom. The van der Waals surface area contributed by atoms with Gasteiger partial charge in [-0.05, 0) is 63.2 Å². The van der Waals surface area contributed by atoms with Crippen LogP contribution < -0.4 is 0 Å². The lowest BCUT2D eigenvalue weighted by atomic mass is 9.81. The molecule has 0 amide bonds. The van der Waals surface area contributed by atoms with Crippen molar-refractivity contribution < 1.29 is 9.53 Å². The molecule has 2 fully saturated rings. The van der Waals surface area contributed by atoms with Crippen LogP contribution in [0.2, 0.25) is 0 Å². The molecule has 0 aromatic rings. The van der Waals surface area contributed by atoms with Gasteiger partial charge in [0.25, 0.3) is 0 Å². The Balaban J connectivity index is 1.70. The van der Waals surface area contributed by atoms with Crippen LogP contribution >= 0.6 is 0 Å². The van der Waals surface area contributed by atoms with Gasteiger partial charge in [-0.2, -0.15) is 5.26 Å². The predicted octanol–water partition coefficient (Wildman–Crippen LogP) is 4.38. The fourth-order valence-corrected chi connectivity index (χ4v) is 3.64. The number of carbonyl (C=O) groups is 1. The third-order valence-electron chi connectivity index (χ3n) is 5.20. The Morgan fingerprint density at radius 1 is 1.14 bits per heavy atom. The number of nitrogens with zero attached hydrogens (tertiary/aromatic N) is 1. The van der Waals surface area contributed by atoms with Crippen LogP contribution in [0.3, 0.4) is 0 Å². The Morgan fingerprint density at radius 2 is 1.81 bits per heavy atom. The molecule has 21 heavy (non-hydrogen) atoms. The second kappa shape index (κ2) is 8.22. The van der Waals surface area contributed by atoms with Crippen molar-refractivity contribution in [3.05, 3.63) is 12.2 Å². The van der Waals surface area contributed by atoms with E-state index in [1.807, 2.05) is 12.1 Å². The van der Waals surface area contributed by atoms with Crippen molar-refractivity contribution in [1.82, 2.24) is 0 Å². The molecule has 3 nitrogen and oxygen atoms in total. The van der Waals surface area contributed by atoms with Crippen molar-refractivity contribution in [2.75, 3.05) is 0 Å². The Bertz CT molecular complexity index is 394. The zero-order chi connectivity index (χ0) is 15.1. The molecule has 0 aromatic carbocycles. The van der Waals surface area contributed by atoms with Crippen LogP contribution in [0, 0.1) is 29.1 Å². The van der Waals surface area contributed by atoms with Crippen LogP contribution in [0.15, 0.2) is 12.2 Å². The first kappa shape index (κ1) is 16.1. The number of esters is 1. The number of rotatable bonds is 4. The van der Waals surface area contributed by atoms with Gasteiger partial charge in [0, 0.05) is 6.08 Å². The molecule has 0 unspecified atom stereocenters. The lowest BCUT2D eigenvalue weighted by molar-refractivity contribution is -0.157. The summed E-state index contributed by atoms with van der Waals surface area (Å²) in [5, 5.41) is 8.54. The maximum atomic E-state index is 12.2. The topological polar surface area (TPSA) is 50.1 Å². The van der Waals surface area contributed by atoms with Gasteiger partial charge in [-0.3, -0.25) is 4.79 Å². The van der Waals surface area contributed by atoms with Crippen molar-refractivity contribution in [2.24, 2.45) is 17.8 Å². The van der Waals surface area contributed by atoms with E-state index in [2.05, 4.69) is 6.92 Å². The molecule has 2 rings (SSSR count). The summed E-state index contributed by atoms with van der Waals surface area (Å²) in [6.07, 6.45) is 13.3. The third kappa shape index (κ3) is 4.88. The van der Waals surface area contributed by atoms with E-state index in [-0.39, 0.29) is 18.0 Å². The van der Waals surface area contributed by atoms with E-state index in [9.17, 15) is 4.79 Å². The molecule has 0 aromatic heterocycles. The monoisotopic (exact) mass is 289 g/mol. The highest BCUT2D eigenvalue weighted by Crippen LogP contribution is 2.33. The van der Waals surface area contributed by atoms with Crippen molar-refractivity contribution in [1.29, 1.82) is 5.26 Å². The van der Waals surface area contributed by atoms with E-state index in [4.69, 9.17) is 10.00 Å². The number of nitriles is 1. The van der Waals surface area contributed by atoms with E-state index >= 15 is 0 Å². The van der Waals surface area contributed by atoms with E-state index in [1.54, 1.807) is 6.08 Å². The van der Waals surface area contributed by atoms with Crippen LogP contribution in [0.1, 0.15) is 64.7 Å². The fourth-order valence-electron chi connectivity index (χ4n) is 3.64. The summed E-state index contributed by atoms with van der Waals surface area (Å²) in [4.78, 5) is 12.2. The summed E-state index contributed by atoms with van der Waals surface area (Å²) < 4.78 is 5.73. The predicted molar refractivity (Wildman–Crippen MR) is 82.3 cm³/mol. The average molecular weight is 289 g/mol. The summed E-state index contributed by atoms with van der Waals surface area (Å²) in [6.45, 7) is 2.25. The zero-order valence-electron chi connectivity index (χ0n) is 13.1. The summed E-state index contributed by atoms with van der Waals surface area (Å²) >= 11 is 0. The van der Waals surface area contributed by atoms with Gasteiger partial charge in [0.1, 0.15) is 6.10 Å². The van der Waals surface area contributed by atoms with Gasteiger partial charge in [0.2, 0.25) is 0 Å². The summed E-state index contributed by atoms with van der Waals surface area (Å²) in [5.74, 6) is 1.41. The van der Waals surface area contributed by atoms with Crippen LogP contribution in [-0.2, 0) is 9.53 Å². The highest BCUT2D eigenvalue weighted by Gasteiger charge is 2.29. The molecule has 0 saturated heterocycles. The molecule has 0 N–H and O–H groups in total. The number of ether oxygens (including phenoxy) is 1. The minimum Gasteiger partial charge on any atom is -0.462 e. The van der Waals surface area contributed by atoms with Gasteiger partial charge < -0.3 is 4.74 Å². The maximum absolute atomic E-state index is 12.2. The van der Waals surface area contributed by atoms with Crippen molar-refractivity contribution in [3.63, 3.8) is 0 Å². The van der Waals surface area contributed by atoms with E-state index in [1.165, 1.54) is 19.3 Å². The standard InChI is InChI=1S/C18H27NO2/c1-2-14-7-11-17(12-8-14)21-18(20)16-9-5-15(6-10-16)4-3-13-19/h3-4,14-17H,2,5-12H2,1H3. The van der Waals surface area contributed by atoms with Crippen molar-refractivity contribution in [3.8, 4) is 6.07 Å². The first-order valence-corrected chi connectivity index (χ1v) is 8.49. The van der Waals surface area contributed by atoms with Crippen LogP contribution in [0.4, 0.5) is 0 Å². The van der Waals surface area contributed by atoms with Crippen LogP contribution in [0.25, 0.3) is 0 Å². The lowest BCUT2D eigenvalue weighted by Gasteiger charge is -2.30. The highest BCUT2D eigenvalue weighted by molar-refractivity contribution is 5.72. The average Bonchev–Trinajstić information content (AvgIpc) is 2.54. The second-order valence-corrected chi connectivity index (χ2v) is 6.59. The maximum Gasteiger partial charge on any atom is 0.309 e. The Kier molecular flexibility index (Phi) is 6.29. The second-order valence-electron chi connectivity index (χ2n) is 6.59. The number of carbonyl (C=O) groups excluding carboxylic acids is 1. The Labute approximate surface area is 128 Å². The molecule has 3 heteroatoms. The lowest BCUT2D eigenvalue weighted by Crippen LogP contribution is -2.29. The minimum atomic E-state index is 0.0256. The SMILES string of the molecule is CCC1CCC(OC(=O)C2CCC(C=CC#N)CC2)CC1. The molecular formula is C18H27NO2. The molecule has 0 radical (unpaired) electrons. The van der Waals surface area contributed by atoms with E-state index in [0.717, 1.165) is 44.4 Å². The number of allylic oxidation sites excluding steroid dienone is 2. The van der Waals surface area contributed by atoms with Gasteiger partial charge in [0.05, 0.1) is 12.0 Å². The van der Waals surface area contributed by atoms with Gasteiger partial charge in [-0.25, -0.2) is 0 Å².